The molecule has 0 fully saturated rings. The summed E-state index contributed by atoms with van der Waals surface area (Å²) in [6.45, 7) is 8.37. The van der Waals surface area contributed by atoms with Crippen LogP contribution in [0, 0.1) is 5.92 Å². The number of methoxy groups -OCH3 is 1. The van der Waals surface area contributed by atoms with Crippen molar-refractivity contribution in [2.45, 2.75) is 53.4 Å². The minimum atomic E-state index is -0.245. The summed E-state index contributed by atoms with van der Waals surface area (Å²) >= 11 is 0. The molecule has 0 bridgehead atoms. The molecule has 0 aromatic rings. The Morgan fingerprint density at radius 3 is 1.90 bits per heavy atom. The van der Waals surface area contributed by atoms with E-state index >= 15 is 0 Å². The first-order chi connectivity index (χ1) is 9.40. The van der Waals surface area contributed by atoms with Gasteiger partial charge in [-0.25, -0.2) is 0 Å². The normalized spacial score (nSPS) is 10.2. The molecule has 122 valence electrons. The average molecular weight is 290 g/mol. The Bertz CT molecular complexity index is 221. The Balaban J connectivity index is -0.000000299. The van der Waals surface area contributed by atoms with E-state index in [1.54, 1.807) is 0 Å². The van der Waals surface area contributed by atoms with Gasteiger partial charge >= 0.3 is 5.97 Å². The summed E-state index contributed by atoms with van der Waals surface area (Å²) in [7, 11) is 5.10. The molecule has 0 spiro atoms. The van der Waals surface area contributed by atoms with Crippen LogP contribution in [0.25, 0.3) is 0 Å². The lowest BCUT2D eigenvalue weighted by Crippen LogP contribution is -2.29. The first kappa shape index (κ1) is 24.0. The van der Waals surface area contributed by atoms with Gasteiger partial charge in [0.25, 0.3) is 0 Å². The fraction of sp³-hybridized carbons (Fsp3) is 0.867. The number of ether oxygens (including phenoxy) is 1. The van der Waals surface area contributed by atoms with Gasteiger partial charge in [0.15, 0.2) is 0 Å². The molecule has 0 aromatic heterocycles. The van der Waals surface area contributed by atoms with Crippen LogP contribution in [-0.4, -0.2) is 39.6 Å². The molecule has 0 saturated carbocycles. The zero-order valence-corrected chi connectivity index (χ0v) is 14.3. The maximum Gasteiger partial charge on any atom is 0.302 e. The van der Waals surface area contributed by atoms with Gasteiger partial charge in [0.2, 0.25) is 5.91 Å². The van der Waals surface area contributed by atoms with Gasteiger partial charge in [-0.15, -0.1) is 0 Å². The van der Waals surface area contributed by atoms with Crippen molar-refractivity contribution in [1.29, 1.82) is 0 Å². The topological polar surface area (TPSA) is 67.4 Å². The summed E-state index contributed by atoms with van der Waals surface area (Å²) in [6, 6.07) is 0. The van der Waals surface area contributed by atoms with E-state index in [2.05, 4.69) is 22.3 Å². The van der Waals surface area contributed by atoms with Gasteiger partial charge in [-0.3, -0.25) is 9.59 Å². The highest BCUT2D eigenvalue weighted by molar-refractivity contribution is 5.78. The molecular weight excluding hydrogens is 256 g/mol. The third kappa shape index (κ3) is 25.7. The summed E-state index contributed by atoms with van der Waals surface area (Å²) < 4.78 is 4.11. The van der Waals surface area contributed by atoms with Crippen LogP contribution in [0.1, 0.15) is 53.4 Å². The first-order valence-electron chi connectivity index (χ1n) is 7.31. The van der Waals surface area contributed by atoms with Crippen molar-refractivity contribution in [2.75, 3.05) is 27.7 Å². The molecule has 0 aliphatic rings. The summed E-state index contributed by atoms with van der Waals surface area (Å²) in [4.78, 5) is 20.8. The van der Waals surface area contributed by atoms with E-state index in [-0.39, 0.29) is 17.8 Å². The Kier molecular flexibility index (Phi) is 24.2. The molecule has 20 heavy (non-hydrogen) atoms. The molecule has 0 rings (SSSR count). The zero-order valence-electron chi connectivity index (χ0n) is 14.3. The molecular formula is C15H34N2O3. The Labute approximate surface area is 124 Å². The molecule has 0 heterocycles. The summed E-state index contributed by atoms with van der Waals surface area (Å²) in [5.41, 5.74) is 0. The smallest absolute Gasteiger partial charge is 0.302 e. The second-order valence-corrected chi connectivity index (χ2v) is 4.50. The molecule has 1 unspecified atom stereocenters. The summed E-state index contributed by atoms with van der Waals surface area (Å²) in [5, 5.41) is 5.68. The fourth-order valence-electron chi connectivity index (χ4n) is 0.946. The van der Waals surface area contributed by atoms with Gasteiger partial charge in [-0.05, 0) is 26.9 Å². The lowest BCUT2D eigenvalue weighted by molar-refractivity contribution is -0.138. The number of unbranched alkanes of at least 4 members (excludes halogenated alkanes) is 2. The molecule has 1 amide bonds. The van der Waals surface area contributed by atoms with E-state index in [0.29, 0.717) is 0 Å². The van der Waals surface area contributed by atoms with Crippen molar-refractivity contribution in [2.24, 2.45) is 5.92 Å². The lowest BCUT2D eigenvalue weighted by Gasteiger charge is -2.08. The standard InChI is InChI=1S/C10H21NO.C3H6O2.C2H7N/c1-4-6-7-8-11-10(12)9(3)5-2;1-3(4)5-2;1-3-2/h9H,4-8H2,1-3H3,(H,11,12);1-2H3;3H,1-2H3. The lowest BCUT2D eigenvalue weighted by atomic mass is 10.1. The van der Waals surface area contributed by atoms with Crippen molar-refractivity contribution in [3.63, 3.8) is 0 Å². The largest absolute Gasteiger partial charge is 0.469 e. The SMILES string of the molecule is CCCCCNC(=O)C(C)CC.CNC.COC(C)=O. The predicted molar refractivity (Wildman–Crippen MR) is 84.7 cm³/mol. The molecule has 5 nitrogen and oxygen atoms in total. The number of rotatable bonds is 6. The predicted octanol–water partition coefficient (Wildman–Crippen LogP) is 2.35. The molecule has 5 heteroatoms. The second-order valence-electron chi connectivity index (χ2n) is 4.50. The minimum Gasteiger partial charge on any atom is -0.469 e. The Hall–Kier alpha value is -1.10. The van der Waals surface area contributed by atoms with Crippen LogP contribution in [0.2, 0.25) is 0 Å². The number of carbonyl (C=O) groups is 2. The van der Waals surface area contributed by atoms with E-state index in [4.69, 9.17) is 0 Å². The molecule has 0 radical (unpaired) electrons. The highest BCUT2D eigenvalue weighted by Crippen LogP contribution is 2.00. The van der Waals surface area contributed by atoms with Crippen LogP contribution >= 0.6 is 0 Å². The number of amides is 1. The molecule has 0 aliphatic heterocycles. The van der Waals surface area contributed by atoms with Crippen LogP contribution in [0.3, 0.4) is 0 Å². The minimum absolute atomic E-state index is 0.173. The van der Waals surface area contributed by atoms with Gasteiger partial charge in [0.1, 0.15) is 0 Å². The van der Waals surface area contributed by atoms with Gasteiger partial charge < -0.3 is 15.4 Å². The maximum absolute atomic E-state index is 11.2. The third-order valence-corrected chi connectivity index (χ3v) is 2.43. The van der Waals surface area contributed by atoms with E-state index in [1.807, 2.05) is 27.9 Å². The van der Waals surface area contributed by atoms with Gasteiger partial charge in [0, 0.05) is 19.4 Å². The van der Waals surface area contributed by atoms with E-state index in [9.17, 15) is 9.59 Å². The van der Waals surface area contributed by atoms with Crippen LogP contribution in [0.4, 0.5) is 0 Å². The highest BCUT2D eigenvalue weighted by Gasteiger charge is 2.08. The number of hydrogen-bond donors (Lipinski definition) is 2. The summed E-state index contributed by atoms with van der Waals surface area (Å²) in [6.07, 6.45) is 4.46. The van der Waals surface area contributed by atoms with E-state index < -0.39 is 0 Å². The van der Waals surface area contributed by atoms with Gasteiger partial charge in [-0.1, -0.05) is 33.6 Å². The average Bonchev–Trinajstić information content (AvgIpc) is 2.43. The molecule has 0 saturated heterocycles. The Morgan fingerprint density at radius 2 is 1.60 bits per heavy atom. The number of carbonyl (C=O) groups excluding carboxylic acids is 2. The third-order valence-electron chi connectivity index (χ3n) is 2.43. The molecule has 1 atom stereocenters. The first-order valence-corrected chi connectivity index (χ1v) is 7.31. The molecule has 2 N–H and O–H groups in total. The highest BCUT2D eigenvalue weighted by atomic mass is 16.5. The van der Waals surface area contributed by atoms with Crippen molar-refractivity contribution in [3.8, 4) is 0 Å². The van der Waals surface area contributed by atoms with E-state index in [1.165, 1.54) is 26.9 Å². The number of esters is 1. The van der Waals surface area contributed by atoms with Crippen LogP contribution < -0.4 is 10.6 Å². The summed E-state index contributed by atoms with van der Waals surface area (Å²) in [5.74, 6) is 0.130. The van der Waals surface area contributed by atoms with Crippen LogP contribution in [0.5, 0.6) is 0 Å². The fourth-order valence-corrected chi connectivity index (χ4v) is 0.946. The molecule has 0 aromatic carbocycles. The van der Waals surface area contributed by atoms with Crippen molar-refractivity contribution < 1.29 is 14.3 Å². The van der Waals surface area contributed by atoms with Crippen molar-refractivity contribution in [1.82, 2.24) is 10.6 Å². The van der Waals surface area contributed by atoms with E-state index in [0.717, 1.165) is 19.4 Å². The van der Waals surface area contributed by atoms with Crippen LogP contribution in [0.15, 0.2) is 0 Å². The van der Waals surface area contributed by atoms with Crippen molar-refractivity contribution in [3.05, 3.63) is 0 Å². The monoisotopic (exact) mass is 290 g/mol. The molecule has 0 aliphatic carbocycles. The maximum atomic E-state index is 11.2. The number of hydrogen-bond acceptors (Lipinski definition) is 4. The number of nitrogens with one attached hydrogen (secondary N) is 2. The van der Waals surface area contributed by atoms with Crippen molar-refractivity contribution >= 4 is 11.9 Å². The second kappa shape index (κ2) is 20.2. The quantitative estimate of drug-likeness (QED) is 0.582. The zero-order chi connectivity index (χ0) is 16.4. The van der Waals surface area contributed by atoms with Crippen LogP contribution in [-0.2, 0) is 14.3 Å². The van der Waals surface area contributed by atoms with Gasteiger partial charge in [-0.2, -0.15) is 0 Å². The Morgan fingerprint density at radius 1 is 1.15 bits per heavy atom. The van der Waals surface area contributed by atoms with Gasteiger partial charge in [0.05, 0.1) is 7.11 Å².